The number of nitrogens with one attached hydrogen (secondary N) is 3. The Morgan fingerprint density at radius 2 is 1.98 bits per heavy atom. The van der Waals surface area contributed by atoms with Crippen LogP contribution in [0.4, 0.5) is 11.4 Å². The Labute approximate surface area is 237 Å². The Balaban J connectivity index is 1.52. The fourth-order valence-corrected chi connectivity index (χ4v) is 6.46. The van der Waals surface area contributed by atoms with Crippen LogP contribution in [0.3, 0.4) is 0 Å². The van der Waals surface area contributed by atoms with Gasteiger partial charge in [-0.05, 0) is 56.0 Å². The zero-order valence-electron chi connectivity index (χ0n) is 22.9. The van der Waals surface area contributed by atoms with E-state index in [4.69, 9.17) is 4.42 Å². The van der Waals surface area contributed by atoms with E-state index in [1.54, 1.807) is 28.8 Å². The van der Waals surface area contributed by atoms with Gasteiger partial charge in [-0.15, -0.1) is 10.8 Å². The highest BCUT2D eigenvalue weighted by Gasteiger charge is 2.28. The van der Waals surface area contributed by atoms with E-state index in [9.17, 15) is 19.0 Å². The molecule has 0 radical (unpaired) electrons. The largest absolute Gasteiger partial charge is 0.467 e. The third-order valence-electron chi connectivity index (χ3n) is 6.87. The minimum Gasteiger partial charge on any atom is -0.467 e. The van der Waals surface area contributed by atoms with Crippen molar-refractivity contribution in [3.63, 3.8) is 0 Å². The maximum absolute atomic E-state index is 13.6. The van der Waals surface area contributed by atoms with Gasteiger partial charge < -0.3 is 25.5 Å². The molecule has 0 spiro atoms. The number of carbonyl (C=O) groups is 1. The average molecular weight is 569 g/mol. The Kier molecular flexibility index (Phi) is 10.3. The minimum atomic E-state index is -2.95. The van der Waals surface area contributed by atoms with Gasteiger partial charge >= 0.3 is 0 Å². The quantitative estimate of drug-likeness (QED) is 0.168. The van der Waals surface area contributed by atoms with E-state index in [0.717, 1.165) is 29.7 Å². The smallest absolute Gasteiger partial charge is 0.251 e. The first kappa shape index (κ1) is 29.7. The maximum atomic E-state index is 13.6. The summed E-state index contributed by atoms with van der Waals surface area (Å²) in [6.45, 7) is 7.50. The van der Waals surface area contributed by atoms with Gasteiger partial charge in [0.2, 0.25) is 0 Å². The van der Waals surface area contributed by atoms with Gasteiger partial charge in [-0.2, -0.15) is 0 Å². The number of carbonyl (C=O) groups excluding carboxylic acids is 1. The first-order valence-electron chi connectivity index (χ1n) is 13.6. The molecule has 2 aromatic carbocycles. The summed E-state index contributed by atoms with van der Waals surface area (Å²) in [6, 6.07) is 16.3. The lowest BCUT2D eigenvalue weighted by atomic mass is 10.00. The Morgan fingerprint density at radius 3 is 2.67 bits per heavy atom. The van der Waals surface area contributed by atoms with Crippen LogP contribution in [0.1, 0.15) is 47.0 Å². The second-order valence-electron chi connectivity index (χ2n) is 9.96. The summed E-state index contributed by atoms with van der Waals surface area (Å²) in [6.07, 6.45) is 4.47. The summed E-state index contributed by atoms with van der Waals surface area (Å²) in [4.78, 5) is 13.6. The minimum absolute atomic E-state index is 0.235. The molecule has 0 aliphatic carbocycles. The monoisotopic (exact) mass is 568 g/mol. The van der Waals surface area contributed by atoms with Crippen LogP contribution in [0.15, 0.2) is 71.9 Å². The van der Waals surface area contributed by atoms with Gasteiger partial charge in [0.1, 0.15) is 5.76 Å². The molecule has 40 heavy (non-hydrogen) atoms. The van der Waals surface area contributed by atoms with Crippen LogP contribution in [0.25, 0.3) is 6.08 Å². The number of hydrogen-bond acceptors (Lipinski definition) is 8. The van der Waals surface area contributed by atoms with Gasteiger partial charge in [0.05, 0.1) is 36.4 Å². The second kappa shape index (κ2) is 13.9. The fourth-order valence-electron chi connectivity index (χ4n) is 4.78. The number of aliphatic hydroxyl groups is 1. The van der Waals surface area contributed by atoms with Crippen LogP contribution in [0, 0.1) is 0 Å². The number of anilines is 2. The van der Waals surface area contributed by atoms with Gasteiger partial charge in [-0.3, -0.25) is 18.2 Å². The predicted octanol–water partition coefficient (Wildman–Crippen LogP) is 5.11. The molecule has 1 saturated heterocycles. The molecule has 1 fully saturated rings. The summed E-state index contributed by atoms with van der Waals surface area (Å²) in [5, 5.41) is 20.6. The Morgan fingerprint density at radius 1 is 1.18 bits per heavy atom. The van der Waals surface area contributed by atoms with Gasteiger partial charge in [0, 0.05) is 36.4 Å². The Bertz CT molecular complexity index is 1270. The van der Waals surface area contributed by atoms with Crippen molar-refractivity contribution in [2.24, 2.45) is 0 Å². The van der Waals surface area contributed by atoms with Gasteiger partial charge in [-0.1, -0.05) is 43.0 Å². The lowest BCUT2D eigenvalue weighted by Crippen LogP contribution is -2.48. The number of hydrogen-bond donors (Lipinski definition) is 6. The topological polar surface area (TPSA) is 130 Å². The molecule has 9 nitrogen and oxygen atoms in total. The molecule has 6 N–H and O–H groups in total. The lowest BCUT2D eigenvalue weighted by molar-refractivity contribution is 0.0829. The molecule has 10 heteroatoms. The zero-order chi connectivity index (χ0) is 28.5. The highest BCUT2D eigenvalue weighted by molar-refractivity contribution is 8.25. The number of rotatable bonds is 13. The predicted molar refractivity (Wildman–Crippen MR) is 163 cm³/mol. The van der Waals surface area contributed by atoms with Crippen LogP contribution in [0.2, 0.25) is 0 Å². The molecule has 4 rings (SSSR count). The van der Waals surface area contributed by atoms with E-state index < -0.39 is 22.9 Å². The van der Waals surface area contributed by atoms with E-state index in [1.807, 2.05) is 49.4 Å². The number of aliphatic hydroxyl groups excluding tert-OH is 1. The molecule has 216 valence electrons. The van der Waals surface area contributed by atoms with Crippen LogP contribution >= 0.6 is 10.8 Å². The standard InChI is InChI=1S/C30H40N4O5S/c1-3-22-14-27(39-21-22)19-31-20-29(35)28(15-23-10-6-5-7-11-23)33-30(36)24-16-25(32-4-2)18-26(17-24)34-12-8-9-13-40(34,37)38/h3,5-7,10-11,14,16-18,21,28-29,31-32,35,37-38H,1,4,8-9,12-13,15,19-20H2,2H3,(H,33,36)/t28-,29+/m0/s1. The molecule has 0 bridgehead atoms. The third kappa shape index (κ3) is 7.89. The number of nitrogens with zero attached hydrogens (tertiary/aromatic N) is 1. The van der Waals surface area contributed by atoms with Crippen molar-refractivity contribution in [3.05, 3.63) is 89.9 Å². The van der Waals surface area contributed by atoms with Crippen molar-refractivity contribution >= 4 is 34.1 Å². The molecular formula is C30H40N4O5S. The van der Waals surface area contributed by atoms with Crippen molar-refractivity contribution < 1.29 is 23.4 Å². The first-order chi connectivity index (χ1) is 19.3. The molecular weight excluding hydrogens is 528 g/mol. The highest BCUT2D eigenvalue weighted by Crippen LogP contribution is 2.50. The van der Waals surface area contributed by atoms with Gasteiger partial charge in [0.25, 0.3) is 5.91 Å². The van der Waals surface area contributed by atoms with Crippen molar-refractivity contribution in [2.45, 2.75) is 44.9 Å². The van der Waals surface area contributed by atoms with E-state index in [0.29, 0.717) is 48.7 Å². The van der Waals surface area contributed by atoms with Crippen LogP contribution in [-0.2, 0) is 13.0 Å². The van der Waals surface area contributed by atoms with Gasteiger partial charge in [-0.25, -0.2) is 0 Å². The van der Waals surface area contributed by atoms with Crippen LogP contribution in [0.5, 0.6) is 0 Å². The SMILES string of the molecule is C=Cc1coc(CNC[C@@H](O)[C@H](Cc2ccccc2)NC(=O)c2cc(NCC)cc(N3CCCCS3(O)O)c2)c1. The van der Waals surface area contributed by atoms with Crippen molar-refractivity contribution in [2.75, 3.05) is 35.0 Å². The molecule has 0 saturated carbocycles. The molecule has 1 amide bonds. The van der Waals surface area contributed by atoms with Crippen LogP contribution < -0.4 is 20.3 Å². The molecule has 1 aliphatic rings. The van der Waals surface area contributed by atoms with Gasteiger partial charge in [0.15, 0.2) is 0 Å². The zero-order valence-corrected chi connectivity index (χ0v) is 23.7. The molecule has 1 aromatic heterocycles. The molecule has 2 atom stereocenters. The molecule has 1 aliphatic heterocycles. The van der Waals surface area contributed by atoms with Crippen molar-refractivity contribution in [1.82, 2.24) is 10.6 Å². The average Bonchev–Trinajstić information content (AvgIpc) is 3.41. The van der Waals surface area contributed by atoms with Crippen molar-refractivity contribution in [3.8, 4) is 0 Å². The van der Waals surface area contributed by atoms with E-state index in [1.165, 1.54) is 0 Å². The molecule has 2 heterocycles. The molecule has 0 unspecified atom stereocenters. The van der Waals surface area contributed by atoms with E-state index >= 15 is 0 Å². The fraction of sp³-hybridized carbons (Fsp3) is 0.367. The van der Waals surface area contributed by atoms with Crippen molar-refractivity contribution in [1.29, 1.82) is 0 Å². The lowest BCUT2D eigenvalue weighted by Gasteiger charge is -2.47. The summed E-state index contributed by atoms with van der Waals surface area (Å²) in [5.74, 6) is 0.684. The van der Waals surface area contributed by atoms with E-state index in [-0.39, 0.29) is 12.5 Å². The number of benzene rings is 2. The molecule has 3 aromatic rings. The van der Waals surface area contributed by atoms with E-state index in [2.05, 4.69) is 22.5 Å². The summed E-state index contributed by atoms with van der Waals surface area (Å²) < 4.78 is 28.5. The second-order valence-corrected chi connectivity index (χ2v) is 12.1. The third-order valence-corrected chi connectivity index (χ3v) is 8.81. The number of furan rings is 1. The summed E-state index contributed by atoms with van der Waals surface area (Å²) in [5.41, 5.74) is 3.54. The highest BCUT2D eigenvalue weighted by atomic mass is 32.3. The first-order valence-corrected chi connectivity index (χ1v) is 15.3. The summed E-state index contributed by atoms with van der Waals surface area (Å²) in [7, 11) is -2.95. The van der Waals surface area contributed by atoms with Crippen LogP contribution in [-0.4, -0.2) is 57.7 Å². The summed E-state index contributed by atoms with van der Waals surface area (Å²) >= 11 is 0. The maximum Gasteiger partial charge on any atom is 0.251 e. The normalized spacial score (nSPS) is 17.1. The number of amides is 1. The Hall–Kier alpha value is -3.28.